The molecule has 1 aromatic heterocycles. The minimum atomic E-state index is 0.882. The van der Waals surface area contributed by atoms with E-state index in [2.05, 4.69) is 19.2 Å². The Morgan fingerprint density at radius 2 is 2.00 bits per heavy atom. The number of aromatic nitrogens is 1. The Bertz CT molecular complexity index is 411. The van der Waals surface area contributed by atoms with E-state index in [1.165, 1.54) is 18.1 Å². The fourth-order valence-corrected chi connectivity index (χ4v) is 1.02. The maximum Gasteiger partial charge on any atom is 0.190 e. The van der Waals surface area contributed by atoms with Gasteiger partial charge in [0.15, 0.2) is 30.5 Å². The average molecular weight is 213 g/mol. The Kier molecular flexibility index (Phi) is 7.53. The smallest absolute Gasteiger partial charge is 0.190 e. The fourth-order valence-electron chi connectivity index (χ4n) is 1.02. The number of hydrogen-bond acceptors (Lipinski definition) is 3. The lowest BCUT2D eigenvalue weighted by Gasteiger charge is -1.93. The molecule has 4 heteroatoms. The molecule has 1 N–H and O–H groups in total. The van der Waals surface area contributed by atoms with Gasteiger partial charge >= 0.3 is 0 Å². The van der Waals surface area contributed by atoms with Crippen molar-refractivity contribution in [3.8, 4) is 12.4 Å². The van der Waals surface area contributed by atoms with E-state index in [0.29, 0.717) is 0 Å². The third kappa shape index (κ3) is 5.21. The molecule has 16 heavy (non-hydrogen) atoms. The summed E-state index contributed by atoms with van der Waals surface area (Å²) in [6, 6.07) is 6.05. The summed E-state index contributed by atoms with van der Waals surface area (Å²) in [6.45, 7) is 7.39. The molecule has 0 aromatic carbocycles. The number of nitrogens with one attached hydrogen (secondary N) is 1. The fraction of sp³-hybridized carbons (Fsp3) is 0.0833. The van der Waals surface area contributed by atoms with Gasteiger partial charge in [0.2, 0.25) is 0 Å². The summed E-state index contributed by atoms with van der Waals surface area (Å²) in [5.74, 6) is 0. The molecular formula is C12H13N4+. The van der Waals surface area contributed by atoms with Crippen molar-refractivity contribution in [3.63, 3.8) is 0 Å². The minimum absolute atomic E-state index is 0.882. The molecule has 1 aromatic rings. The van der Waals surface area contributed by atoms with Gasteiger partial charge < -0.3 is 0 Å². The van der Waals surface area contributed by atoms with Crippen molar-refractivity contribution in [2.45, 2.75) is 6.42 Å². The van der Waals surface area contributed by atoms with Crippen LogP contribution in [0.15, 0.2) is 43.6 Å². The van der Waals surface area contributed by atoms with E-state index in [9.17, 15) is 0 Å². The second-order valence-electron chi connectivity index (χ2n) is 2.62. The summed E-state index contributed by atoms with van der Waals surface area (Å²) in [5, 5.41) is 16.7. The Hall–Kier alpha value is -2.59. The first-order valence-corrected chi connectivity index (χ1v) is 4.55. The highest BCUT2D eigenvalue weighted by atomic mass is 14.9. The van der Waals surface area contributed by atoms with Crippen molar-refractivity contribution in [1.82, 2.24) is 5.32 Å². The van der Waals surface area contributed by atoms with Crippen molar-refractivity contribution >= 4 is 6.20 Å². The zero-order chi connectivity index (χ0) is 12.2. The van der Waals surface area contributed by atoms with Gasteiger partial charge in [-0.1, -0.05) is 12.1 Å². The maximum atomic E-state index is 7.48. The Labute approximate surface area is 95.4 Å². The molecule has 1 heterocycles. The van der Waals surface area contributed by atoms with Crippen LogP contribution in [0.4, 0.5) is 0 Å². The van der Waals surface area contributed by atoms with E-state index >= 15 is 0 Å². The molecule has 0 saturated heterocycles. The van der Waals surface area contributed by atoms with Crippen LogP contribution in [-0.4, -0.2) is 0 Å². The molecule has 0 bridgehead atoms. The first kappa shape index (κ1) is 13.4. The minimum Gasteiger partial charge on any atom is -0.229 e. The lowest BCUT2D eigenvalue weighted by molar-refractivity contribution is -0.576. The standard InChI is InChI=1S/C10H12N.C2HN3/c1-3-7-10-8-5-6-9-11(10)4-2;3-1-5-2-4/h3-6,8-9H,1-2,7H2;5H/q+1;. The van der Waals surface area contributed by atoms with E-state index in [4.69, 9.17) is 10.5 Å². The van der Waals surface area contributed by atoms with Crippen molar-refractivity contribution in [2.75, 3.05) is 0 Å². The van der Waals surface area contributed by atoms with Gasteiger partial charge in [0, 0.05) is 12.1 Å². The summed E-state index contributed by atoms with van der Waals surface area (Å²) in [4.78, 5) is 0. The predicted octanol–water partition coefficient (Wildman–Crippen LogP) is 1.34. The van der Waals surface area contributed by atoms with Crippen molar-refractivity contribution < 1.29 is 4.57 Å². The SMILES string of the molecule is C=CCc1cccc[n+]1C=C.N#CNC#N. The Morgan fingerprint density at radius 1 is 1.31 bits per heavy atom. The summed E-state index contributed by atoms with van der Waals surface area (Å²) in [6.07, 6.45) is 9.35. The van der Waals surface area contributed by atoms with Gasteiger partial charge in [-0.15, -0.1) is 6.58 Å². The molecule has 0 atom stereocenters. The zero-order valence-electron chi connectivity index (χ0n) is 8.93. The lowest BCUT2D eigenvalue weighted by atomic mass is 10.2. The molecular weight excluding hydrogens is 200 g/mol. The third-order valence-corrected chi connectivity index (χ3v) is 1.64. The predicted molar refractivity (Wildman–Crippen MR) is 61.3 cm³/mol. The maximum absolute atomic E-state index is 7.48. The second-order valence-corrected chi connectivity index (χ2v) is 2.62. The Balaban J connectivity index is 0.000000385. The van der Waals surface area contributed by atoms with Crippen molar-refractivity contribution in [3.05, 3.63) is 49.3 Å². The normalized spacial score (nSPS) is 7.38. The number of rotatable bonds is 3. The molecule has 0 spiro atoms. The first-order chi connectivity index (χ1) is 7.79. The van der Waals surface area contributed by atoms with Crippen LogP contribution in [0.3, 0.4) is 0 Å². The zero-order valence-corrected chi connectivity index (χ0v) is 8.93. The summed E-state index contributed by atoms with van der Waals surface area (Å²) >= 11 is 0. The van der Waals surface area contributed by atoms with Crippen LogP contribution < -0.4 is 9.88 Å². The van der Waals surface area contributed by atoms with Gasteiger partial charge in [0.05, 0.1) is 6.42 Å². The molecule has 0 amide bonds. The number of hydrogen-bond donors (Lipinski definition) is 1. The number of allylic oxidation sites excluding steroid dienone is 1. The molecule has 0 saturated carbocycles. The molecule has 0 fully saturated rings. The van der Waals surface area contributed by atoms with E-state index in [1.807, 2.05) is 29.0 Å². The molecule has 0 unspecified atom stereocenters. The van der Waals surface area contributed by atoms with Crippen LogP contribution in [0, 0.1) is 22.9 Å². The van der Waals surface area contributed by atoms with Crippen LogP contribution >= 0.6 is 0 Å². The van der Waals surface area contributed by atoms with Gasteiger partial charge in [0.1, 0.15) is 0 Å². The monoisotopic (exact) mass is 213 g/mol. The van der Waals surface area contributed by atoms with Crippen LogP contribution in [0.25, 0.3) is 6.20 Å². The van der Waals surface area contributed by atoms with Crippen LogP contribution in [0.5, 0.6) is 0 Å². The van der Waals surface area contributed by atoms with E-state index < -0.39 is 0 Å². The van der Waals surface area contributed by atoms with Crippen LogP contribution in [-0.2, 0) is 6.42 Å². The lowest BCUT2D eigenvalue weighted by Crippen LogP contribution is -2.29. The number of nitrogens with zero attached hydrogens (tertiary/aromatic N) is 3. The van der Waals surface area contributed by atoms with E-state index in [1.54, 1.807) is 11.5 Å². The van der Waals surface area contributed by atoms with Crippen molar-refractivity contribution in [2.24, 2.45) is 0 Å². The number of nitriles is 2. The van der Waals surface area contributed by atoms with Crippen LogP contribution in [0.2, 0.25) is 0 Å². The largest absolute Gasteiger partial charge is 0.229 e. The molecule has 0 aliphatic carbocycles. The number of pyridine rings is 1. The summed E-state index contributed by atoms with van der Waals surface area (Å²) in [7, 11) is 0. The highest BCUT2D eigenvalue weighted by Gasteiger charge is 2.01. The average Bonchev–Trinajstić information content (AvgIpc) is 2.32. The summed E-state index contributed by atoms with van der Waals surface area (Å²) < 4.78 is 1.99. The molecule has 0 aliphatic rings. The van der Waals surface area contributed by atoms with Gasteiger partial charge in [0.25, 0.3) is 0 Å². The van der Waals surface area contributed by atoms with Gasteiger partial charge in [-0.3, -0.25) is 0 Å². The molecule has 80 valence electrons. The van der Waals surface area contributed by atoms with Gasteiger partial charge in [-0.2, -0.15) is 15.1 Å². The Morgan fingerprint density at radius 3 is 2.44 bits per heavy atom. The topological polar surface area (TPSA) is 63.5 Å². The van der Waals surface area contributed by atoms with Crippen LogP contribution in [0.1, 0.15) is 5.69 Å². The molecule has 0 aliphatic heterocycles. The van der Waals surface area contributed by atoms with Crippen molar-refractivity contribution in [1.29, 1.82) is 10.5 Å². The van der Waals surface area contributed by atoms with E-state index in [-0.39, 0.29) is 0 Å². The quantitative estimate of drug-likeness (QED) is 0.356. The molecule has 0 radical (unpaired) electrons. The molecule has 4 nitrogen and oxygen atoms in total. The highest BCUT2D eigenvalue weighted by Crippen LogP contribution is 1.92. The third-order valence-electron chi connectivity index (χ3n) is 1.64. The second kappa shape index (κ2) is 8.98. The summed E-state index contributed by atoms with van der Waals surface area (Å²) in [5.41, 5.74) is 1.21. The molecule has 1 rings (SSSR count). The van der Waals surface area contributed by atoms with Gasteiger partial charge in [-0.25, -0.2) is 5.32 Å². The van der Waals surface area contributed by atoms with E-state index in [0.717, 1.165) is 6.42 Å². The first-order valence-electron chi connectivity index (χ1n) is 4.55. The van der Waals surface area contributed by atoms with Gasteiger partial charge in [-0.05, 0) is 6.58 Å². The highest BCUT2D eigenvalue weighted by molar-refractivity contribution is 5.07.